The Bertz CT molecular complexity index is 369. The SMILES string of the molecule is COC1Sc2ccccc2N(O)C1=O. The van der Waals surface area contributed by atoms with Crippen molar-refractivity contribution in [2.24, 2.45) is 0 Å². The molecule has 5 heteroatoms. The van der Waals surface area contributed by atoms with Crippen molar-refractivity contribution < 1.29 is 14.7 Å². The lowest BCUT2D eigenvalue weighted by molar-refractivity contribution is -0.129. The molecule has 0 saturated heterocycles. The summed E-state index contributed by atoms with van der Waals surface area (Å²) in [5, 5.41) is 10.2. The predicted molar refractivity (Wildman–Crippen MR) is 52.4 cm³/mol. The quantitative estimate of drug-likeness (QED) is 0.715. The molecule has 0 fully saturated rings. The van der Waals surface area contributed by atoms with Gasteiger partial charge in [-0.05, 0) is 12.1 Å². The number of carbonyl (C=O) groups is 1. The van der Waals surface area contributed by atoms with Crippen LogP contribution in [0.2, 0.25) is 0 Å². The number of methoxy groups -OCH3 is 1. The van der Waals surface area contributed by atoms with Gasteiger partial charge in [-0.2, -0.15) is 5.06 Å². The molecule has 0 radical (unpaired) electrons. The minimum absolute atomic E-state index is 0.448. The molecule has 74 valence electrons. The monoisotopic (exact) mass is 211 g/mol. The van der Waals surface area contributed by atoms with Gasteiger partial charge in [-0.15, -0.1) is 0 Å². The van der Waals surface area contributed by atoms with Gasteiger partial charge in [0.2, 0.25) is 0 Å². The summed E-state index contributed by atoms with van der Waals surface area (Å²) < 4.78 is 4.94. The first kappa shape index (κ1) is 9.51. The maximum absolute atomic E-state index is 11.4. The standard InChI is InChI=1S/C9H9NO3S/c1-13-9-8(11)10(12)6-4-2-3-5-7(6)14-9/h2-5,9,12H,1H3. The molecule has 14 heavy (non-hydrogen) atoms. The second kappa shape index (κ2) is 3.61. The fraction of sp³-hybridized carbons (Fsp3) is 0.222. The number of hydrogen-bond acceptors (Lipinski definition) is 4. The number of hydroxylamine groups is 1. The van der Waals surface area contributed by atoms with Crippen LogP contribution in [0.1, 0.15) is 0 Å². The number of para-hydroxylation sites is 1. The minimum atomic E-state index is -0.658. The van der Waals surface area contributed by atoms with Crippen LogP contribution >= 0.6 is 11.8 Å². The first-order valence-electron chi connectivity index (χ1n) is 4.05. The second-order valence-corrected chi connectivity index (χ2v) is 3.91. The molecule has 1 aromatic rings. The summed E-state index contributed by atoms with van der Waals surface area (Å²) in [6.07, 6.45) is 0. The van der Waals surface area contributed by atoms with Gasteiger partial charge in [-0.3, -0.25) is 10.0 Å². The molecule has 1 heterocycles. The van der Waals surface area contributed by atoms with Gasteiger partial charge in [-0.25, -0.2) is 0 Å². The number of hydrogen-bond donors (Lipinski definition) is 1. The van der Waals surface area contributed by atoms with Crippen LogP contribution in [-0.4, -0.2) is 23.7 Å². The number of fused-ring (bicyclic) bond motifs is 1. The van der Waals surface area contributed by atoms with E-state index in [1.165, 1.54) is 18.9 Å². The highest BCUT2D eigenvalue weighted by Gasteiger charge is 2.32. The summed E-state index contributed by atoms with van der Waals surface area (Å²) >= 11 is 1.30. The van der Waals surface area contributed by atoms with Gasteiger partial charge < -0.3 is 4.74 Å². The Morgan fingerprint density at radius 2 is 2.21 bits per heavy atom. The molecule has 1 amide bonds. The first-order valence-corrected chi connectivity index (χ1v) is 4.93. The van der Waals surface area contributed by atoms with E-state index in [4.69, 9.17) is 4.74 Å². The van der Waals surface area contributed by atoms with Gasteiger partial charge in [0.25, 0.3) is 5.91 Å². The van der Waals surface area contributed by atoms with Crippen molar-refractivity contribution in [3.8, 4) is 0 Å². The first-order chi connectivity index (χ1) is 6.74. The van der Waals surface area contributed by atoms with Crippen LogP contribution in [0.5, 0.6) is 0 Å². The smallest absolute Gasteiger partial charge is 0.290 e. The lowest BCUT2D eigenvalue weighted by Crippen LogP contribution is -2.39. The fourth-order valence-electron chi connectivity index (χ4n) is 1.27. The Kier molecular flexibility index (Phi) is 2.45. The molecule has 1 atom stereocenters. The number of thioether (sulfide) groups is 1. The topological polar surface area (TPSA) is 49.8 Å². The van der Waals surface area contributed by atoms with E-state index in [-0.39, 0.29) is 0 Å². The van der Waals surface area contributed by atoms with Gasteiger partial charge in [0.05, 0.1) is 5.69 Å². The Morgan fingerprint density at radius 1 is 1.50 bits per heavy atom. The van der Waals surface area contributed by atoms with Gasteiger partial charge in [0, 0.05) is 12.0 Å². The molecular formula is C9H9NO3S. The van der Waals surface area contributed by atoms with E-state index < -0.39 is 11.3 Å². The zero-order chi connectivity index (χ0) is 10.1. The van der Waals surface area contributed by atoms with Gasteiger partial charge in [0.1, 0.15) is 0 Å². The number of benzene rings is 1. The zero-order valence-corrected chi connectivity index (χ0v) is 8.32. The molecule has 2 rings (SSSR count). The summed E-state index contributed by atoms with van der Waals surface area (Å²) in [5.41, 5.74) is -0.148. The van der Waals surface area contributed by atoms with E-state index in [2.05, 4.69) is 0 Å². The zero-order valence-electron chi connectivity index (χ0n) is 7.51. The van der Waals surface area contributed by atoms with E-state index in [1.807, 2.05) is 12.1 Å². The van der Waals surface area contributed by atoms with Crippen molar-refractivity contribution in [1.82, 2.24) is 0 Å². The molecule has 0 bridgehead atoms. The van der Waals surface area contributed by atoms with Crippen LogP contribution in [-0.2, 0) is 9.53 Å². The number of amides is 1. The van der Waals surface area contributed by atoms with E-state index >= 15 is 0 Å². The molecular weight excluding hydrogens is 202 g/mol. The fourth-order valence-corrected chi connectivity index (χ4v) is 2.22. The number of carbonyl (C=O) groups excluding carboxylic acids is 1. The Labute approximate surface area is 85.4 Å². The highest BCUT2D eigenvalue weighted by molar-refractivity contribution is 8.00. The van der Waals surface area contributed by atoms with Crippen molar-refractivity contribution in [2.75, 3.05) is 12.2 Å². The van der Waals surface area contributed by atoms with E-state index in [0.29, 0.717) is 10.8 Å². The molecule has 0 spiro atoms. The second-order valence-electron chi connectivity index (χ2n) is 2.80. The largest absolute Gasteiger partial charge is 0.360 e. The molecule has 0 saturated carbocycles. The van der Waals surface area contributed by atoms with Crippen LogP contribution in [0, 0.1) is 0 Å². The van der Waals surface area contributed by atoms with Crippen molar-refractivity contribution in [3.63, 3.8) is 0 Å². The lowest BCUT2D eigenvalue weighted by atomic mass is 10.3. The summed E-state index contributed by atoms with van der Waals surface area (Å²) in [6.45, 7) is 0. The molecule has 4 nitrogen and oxygen atoms in total. The Hall–Kier alpha value is -1.04. The summed E-state index contributed by atoms with van der Waals surface area (Å²) in [7, 11) is 1.44. The maximum Gasteiger partial charge on any atom is 0.290 e. The minimum Gasteiger partial charge on any atom is -0.360 e. The van der Waals surface area contributed by atoms with Gasteiger partial charge >= 0.3 is 0 Å². The number of anilines is 1. The molecule has 1 N–H and O–H groups in total. The maximum atomic E-state index is 11.4. The highest BCUT2D eigenvalue weighted by Crippen LogP contribution is 2.38. The van der Waals surface area contributed by atoms with Crippen LogP contribution in [0.25, 0.3) is 0 Å². The third kappa shape index (κ3) is 1.39. The van der Waals surface area contributed by atoms with Crippen LogP contribution in [0.15, 0.2) is 29.2 Å². The van der Waals surface area contributed by atoms with Crippen LogP contribution in [0.3, 0.4) is 0 Å². The van der Waals surface area contributed by atoms with Gasteiger partial charge in [-0.1, -0.05) is 23.9 Å². The number of nitrogens with zero attached hydrogens (tertiary/aromatic N) is 1. The number of ether oxygens (including phenoxy) is 1. The summed E-state index contributed by atoms with van der Waals surface area (Å²) in [4.78, 5) is 12.3. The lowest BCUT2D eigenvalue weighted by Gasteiger charge is -2.27. The average Bonchev–Trinajstić information content (AvgIpc) is 2.23. The van der Waals surface area contributed by atoms with Crippen molar-refractivity contribution in [1.29, 1.82) is 0 Å². The van der Waals surface area contributed by atoms with E-state index in [1.54, 1.807) is 12.1 Å². The normalized spacial score (nSPS) is 20.9. The van der Waals surface area contributed by atoms with E-state index in [9.17, 15) is 10.0 Å². The Morgan fingerprint density at radius 3 is 2.93 bits per heavy atom. The molecule has 0 aromatic heterocycles. The van der Waals surface area contributed by atoms with Crippen LogP contribution in [0.4, 0.5) is 5.69 Å². The Balaban J connectivity index is 2.42. The molecule has 1 aromatic carbocycles. The van der Waals surface area contributed by atoms with E-state index in [0.717, 1.165) is 4.90 Å². The van der Waals surface area contributed by atoms with Crippen molar-refractivity contribution >= 4 is 23.4 Å². The molecule has 0 aliphatic carbocycles. The average molecular weight is 211 g/mol. The third-order valence-electron chi connectivity index (χ3n) is 1.95. The van der Waals surface area contributed by atoms with Gasteiger partial charge in [0.15, 0.2) is 5.44 Å². The molecule has 1 aliphatic rings. The summed E-state index contributed by atoms with van der Waals surface area (Å²) in [6, 6.07) is 7.14. The highest BCUT2D eigenvalue weighted by atomic mass is 32.2. The third-order valence-corrected chi connectivity index (χ3v) is 3.16. The van der Waals surface area contributed by atoms with Crippen LogP contribution < -0.4 is 5.06 Å². The predicted octanol–water partition coefficient (Wildman–Crippen LogP) is 1.49. The number of rotatable bonds is 1. The van der Waals surface area contributed by atoms with Crippen molar-refractivity contribution in [2.45, 2.75) is 10.3 Å². The van der Waals surface area contributed by atoms with Crippen molar-refractivity contribution in [3.05, 3.63) is 24.3 Å². The summed E-state index contributed by atoms with van der Waals surface area (Å²) in [5.74, 6) is -0.448. The molecule has 1 aliphatic heterocycles. The molecule has 1 unspecified atom stereocenters.